The number of aryl methyl sites for hydroxylation is 1. The van der Waals surface area contributed by atoms with Crippen LogP contribution in [0.1, 0.15) is 16.1 Å². The van der Waals surface area contributed by atoms with E-state index in [0.717, 1.165) is 11.3 Å². The largest absolute Gasteiger partial charge is 0.365 e. The van der Waals surface area contributed by atoms with Crippen molar-refractivity contribution in [3.05, 3.63) is 41.6 Å². The highest BCUT2D eigenvalue weighted by Gasteiger charge is 2.24. The third kappa shape index (κ3) is 3.62. The Kier molecular flexibility index (Phi) is 4.61. The second kappa shape index (κ2) is 6.84. The number of rotatable bonds is 4. The van der Waals surface area contributed by atoms with E-state index < -0.39 is 0 Å². The van der Waals surface area contributed by atoms with E-state index in [2.05, 4.69) is 15.5 Å². The van der Waals surface area contributed by atoms with Crippen molar-refractivity contribution in [1.29, 1.82) is 0 Å². The fourth-order valence-corrected chi connectivity index (χ4v) is 2.49. The minimum atomic E-state index is -0.246. The molecule has 7 heteroatoms. The van der Waals surface area contributed by atoms with Crippen molar-refractivity contribution < 1.29 is 14.3 Å². The third-order valence-electron chi connectivity index (χ3n) is 4.01. The van der Waals surface area contributed by atoms with Crippen LogP contribution in [-0.4, -0.2) is 59.8 Å². The summed E-state index contributed by atoms with van der Waals surface area (Å²) in [5.41, 5.74) is 3.24. The van der Waals surface area contributed by atoms with Gasteiger partial charge in [-0.3, -0.25) is 14.7 Å². The Morgan fingerprint density at radius 3 is 2.88 bits per heavy atom. The van der Waals surface area contributed by atoms with Crippen molar-refractivity contribution in [1.82, 2.24) is 20.4 Å². The first-order chi connectivity index (χ1) is 11.5. The van der Waals surface area contributed by atoms with E-state index in [-0.39, 0.29) is 24.5 Å². The van der Waals surface area contributed by atoms with E-state index in [1.54, 1.807) is 18.0 Å². The van der Waals surface area contributed by atoms with E-state index in [9.17, 15) is 9.59 Å². The van der Waals surface area contributed by atoms with Gasteiger partial charge in [-0.05, 0) is 13.0 Å². The molecule has 1 aliphatic rings. The van der Waals surface area contributed by atoms with E-state index in [1.807, 2.05) is 31.2 Å². The SMILES string of the molecule is Cc1ccc(-c2cc(C(=O)NCC3CN(C)C(=O)CO3)[nH]n2)cc1. The Balaban J connectivity index is 1.58. The summed E-state index contributed by atoms with van der Waals surface area (Å²) in [7, 11) is 1.72. The molecule has 0 saturated carbocycles. The lowest BCUT2D eigenvalue weighted by molar-refractivity contribution is -0.146. The first kappa shape index (κ1) is 16.2. The van der Waals surface area contributed by atoms with Crippen LogP contribution in [0.5, 0.6) is 0 Å². The highest BCUT2D eigenvalue weighted by molar-refractivity contribution is 5.93. The molecule has 7 nitrogen and oxygen atoms in total. The third-order valence-corrected chi connectivity index (χ3v) is 4.01. The van der Waals surface area contributed by atoms with E-state index in [4.69, 9.17) is 4.74 Å². The standard InChI is InChI=1S/C17H20N4O3/c1-11-3-5-12(6-4-11)14-7-15(20-19-14)17(23)18-8-13-9-21(2)16(22)10-24-13/h3-7,13H,8-10H2,1-2H3,(H,18,23)(H,19,20). The average molecular weight is 328 g/mol. The molecule has 0 aliphatic carbocycles. The van der Waals surface area contributed by atoms with E-state index in [0.29, 0.717) is 18.8 Å². The summed E-state index contributed by atoms with van der Waals surface area (Å²) < 4.78 is 5.40. The maximum Gasteiger partial charge on any atom is 0.269 e. The van der Waals surface area contributed by atoms with Gasteiger partial charge in [-0.1, -0.05) is 29.8 Å². The molecule has 2 aromatic rings. The molecule has 0 bridgehead atoms. The molecular formula is C17H20N4O3. The first-order valence-electron chi connectivity index (χ1n) is 7.79. The summed E-state index contributed by atoms with van der Waals surface area (Å²) >= 11 is 0. The number of nitrogens with zero attached hydrogens (tertiary/aromatic N) is 2. The van der Waals surface area contributed by atoms with Gasteiger partial charge in [0.15, 0.2) is 0 Å². The predicted octanol–water partition coefficient (Wildman–Crippen LogP) is 0.972. The molecule has 24 heavy (non-hydrogen) atoms. The molecule has 1 saturated heterocycles. The van der Waals surface area contributed by atoms with Crippen molar-refractivity contribution in [3.63, 3.8) is 0 Å². The van der Waals surface area contributed by atoms with Gasteiger partial charge in [-0.2, -0.15) is 5.10 Å². The minimum Gasteiger partial charge on any atom is -0.365 e. The molecular weight excluding hydrogens is 308 g/mol. The maximum atomic E-state index is 12.2. The van der Waals surface area contributed by atoms with Gasteiger partial charge in [0.05, 0.1) is 11.8 Å². The number of aromatic nitrogens is 2. The summed E-state index contributed by atoms with van der Waals surface area (Å²) in [5, 5.41) is 9.74. The fraction of sp³-hybridized carbons (Fsp3) is 0.353. The summed E-state index contributed by atoms with van der Waals surface area (Å²) in [6.45, 7) is 2.89. The number of H-pyrrole nitrogens is 1. The zero-order chi connectivity index (χ0) is 17.1. The minimum absolute atomic E-state index is 0.0473. The van der Waals surface area contributed by atoms with Crippen LogP contribution in [0.4, 0.5) is 0 Å². The number of hydrogen-bond acceptors (Lipinski definition) is 4. The first-order valence-corrected chi connectivity index (χ1v) is 7.79. The van der Waals surface area contributed by atoms with Crippen LogP contribution in [0.2, 0.25) is 0 Å². The number of amides is 2. The van der Waals surface area contributed by atoms with E-state index in [1.165, 1.54) is 5.56 Å². The van der Waals surface area contributed by atoms with Crippen molar-refractivity contribution in [2.24, 2.45) is 0 Å². The molecule has 3 rings (SSSR count). The Labute approximate surface area is 140 Å². The summed E-state index contributed by atoms with van der Waals surface area (Å²) in [4.78, 5) is 25.2. The molecule has 1 aromatic heterocycles. The predicted molar refractivity (Wildman–Crippen MR) is 88.5 cm³/mol. The van der Waals surface area contributed by atoms with Crippen LogP contribution >= 0.6 is 0 Å². The number of nitrogens with one attached hydrogen (secondary N) is 2. The number of hydrogen-bond donors (Lipinski definition) is 2. The summed E-state index contributed by atoms with van der Waals surface area (Å²) in [5.74, 6) is -0.294. The smallest absolute Gasteiger partial charge is 0.269 e. The number of ether oxygens (including phenoxy) is 1. The summed E-state index contributed by atoms with van der Waals surface area (Å²) in [6, 6.07) is 9.66. The second-order valence-corrected chi connectivity index (χ2v) is 5.95. The number of benzene rings is 1. The zero-order valence-electron chi connectivity index (χ0n) is 13.7. The molecule has 0 spiro atoms. The van der Waals surface area contributed by atoms with Gasteiger partial charge in [0.1, 0.15) is 12.3 Å². The van der Waals surface area contributed by atoms with Gasteiger partial charge in [-0.25, -0.2) is 0 Å². The lowest BCUT2D eigenvalue weighted by Crippen LogP contribution is -2.48. The van der Waals surface area contributed by atoms with Crippen LogP contribution in [0.3, 0.4) is 0 Å². The molecule has 0 radical (unpaired) electrons. The van der Waals surface area contributed by atoms with Crippen LogP contribution in [0.15, 0.2) is 30.3 Å². The van der Waals surface area contributed by atoms with Crippen LogP contribution in [0, 0.1) is 6.92 Å². The van der Waals surface area contributed by atoms with Crippen molar-refractivity contribution in [3.8, 4) is 11.3 Å². The molecule has 1 aliphatic heterocycles. The molecule has 1 atom stereocenters. The number of carbonyl (C=O) groups is 2. The van der Waals surface area contributed by atoms with Crippen LogP contribution < -0.4 is 5.32 Å². The Hall–Kier alpha value is -2.67. The second-order valence-electron chi connectivity index (χ2n) is 5.95. The highest BCUT2D eigenvalue weighted by atomic mass is 16.5. The van der Waals surface area contributed by atoms with Gasteiger partial charge in [-0.15, -0.1) is 0 Å². The zero-order valence-corrected chi connectivity index (χ0v) is 13.7. The maximum absolute atomic E-state index is 12.2. The number of morpholine rings is 1. The Morgan fingerprint density at radius 2 is 2.17 bits per heavy atom. The number of likely N-dealkylation sites (N-methyl/N-ethyl adjacent to an activating group) is 1. The molecule has 2 N–H and O–H groups in total. The van der Waals surface area contributed by atoms with Crippen LogP contribution in [0.25, 0.3) is 11.3 Å². The van der Waals surface area contributed by atoms with Crippen molar-refractivity contribution in [2.75, 3.05) is 26.7 Å². The molecule has 126 valence electrons. The van der Waals surface area contributed by atoms with Crippen molar-refractivity contribution in [2.45, 2.75) is 13.0 Å². The van der Waals surface area contributed by atoms with Crippen LogP contribution in [-0.2, 0) is 9.53 Å². The number of aromatic amines is 1. The van der Waals surface area contributed by atoms with E-state index >= 15 is 0 Å². The highest BCUT2D eigenvalue weighted by Crippen LogP contribution is 2.18. The van der Waals surface area contributed by atoms with Gasteiger partial charge >= 0.3 is 0 Å². The Morgan fingerprint density at radius 1 is 1.42 bits per heavy atom. The van der Waals surface area contributed by atoms with Gasteiger partial charge in [0, 0.05) is 25.7 Å². The summed E-state index contributed by atoms with van der Waals surface area (Å²) in [6.07, 6.45) is -0.198. The molecule has 1 fully saturated rings. The quantitative estimate of drug-likeness (QED) is 0.875. The Bertz CT molecular complexity index is 739. The van der Waals surface area contributed by atoms with Gasteiger partial charge < -0.3 is 15.0 Å². The fourth-order valence-electron chi connectivity index (χ4n) is 2.49. The molecule has 2 heterocycles. The number of carbonyl (C=O) groups excluding carboxylic acids is 2. The monoisotopic (exact) mass is 328 g/mol. The lowest BCUT2D eigenvalue weighted by Gasteiger charge is -2.29. The normalized spacial score (nSPS) is 17.8. The molecule has 1 aromatic carbocycles. The van der Waals surface area contributed by atoms with Gasteiger partial charge in [0.2, 0.25) is 5.91 Å². The molecule has 2 amide bonds. The lowest BCUT2D eigenvalue weighted by atomic mass is 10.1. The molecule has 1 unspecified atom stereocenters. The van der Waals surface area contributed by atoms with Gasteiger partial charge in [0.25, 0.3) is 5.91 Å². The topological polar surface area (TPSA) is 87.3 Å². The average Bonchev–Trinajstić information content (AvgIpc) is 3.06. The van der Waals surface area contributed by atoms with Crippen molar-refractivity contribution >= 4 is 11.8 Å².